The summed E-state index contributed by atoms with van der Waals surface area (Å²) in [4.78, 5) is 114. The smallest absolute Gasteiger partial charge is 0.482 e. The second-order valence-electron chi connectivity index (χ2n) is 17.9. The fourth-order valence-electron chi connectivity index (χ4n) is 7.71. The number of ether oxygens (including phenoxy) is 4. The van der Waals surface area contributed by atoms with Gasteiger partial charge in [-0.1, -0.05) is 35.5 Å². The van der Waals surface area contributed by atoms with E-state index in [0.717, 1.165) is 6.07 Å². The Labute approximate surface area is 539 Å². The first-order valence-electron chi connectivity index (χ1n) is 24.8. The molecule has 0 fully saturated rings. The summed E-state index contributed by atoms with van der Waals surface area (Å²) in [6.07, 6.45) is -0.578. The van der Waals surface area contributed by atoms with Gasteiger partial charge in [0.05, 0.1) is 70.0 Å². The Morgan fingerprint density at radius 3 is 1.21 bits per heavy atom. The summed E-state index contributed by atoms with van der Waals surface area (Å²) in [6.45, 7) is -5.33. The van der Waals surface area contributed by atoms with Crippen molar-refractivity contribution in [2.24, 2.45) is 4.99 Å². The largest absolute Gasteiger partial charge is 3.00 e. The number of carboxylic acids is 8. The van der Waals surface area contributed by atoms with Gasteiger partial charge in [0.1, 0.15) is 28.7 Å². The van der Waals surface area contributed by atoms with Gasteiger partial charge in [0.15, 0.2) is 26.4 Å². The van der Waals surface area contributed by atoms with Gasteiger partial charge < -0.3 is 59.8 Å². The van der Waals surface area contributed by atoms with Gasteiger partial charge in [-0.2, -0.15) is 4.99 Å². The number of carbonyl (C=O) groups is 8. The predicted octanol–water partition coefficient (Wildman–Crippen LogP) is 4.16. The van der Waals surface area contributed by atoms with E-state index in [9.17, 15) is 69.0 Å². The molecule has 3 heterocycles. The van der Waals surface area contributed by atoms with Crippen molar-refractivity contribution in [1.82, 2.24) is 24.8 Å². The Balaban J connectivity index is 0.0000138. The van der Waals surface area contributed by atoms with E-state index in [2.05, 4.69) is 55.6 Å². The maximum absolute atomic E-state index is 12.5. The number of benzene rings is 3. The van der Waals surface area contributed by atoms with Gasteiger partial charge in [-0.25, -0.2) is 29.0 Å². The van der Waals surface area contributed by atoms with Crippen LogP contribution in [0.25, 0.3) is 0 Å². The minimum absolute atomic E-state index is 0. The van der Waals surface area contributed by atoms with Crippen LogP contribution in [-0.4, -0.2) is 158 Å². The van der Waals surface area contributed by atoms with E-state index >= 15 is 0 Å². The molecule has 87 heavy (non-hydrogen) atoms. The normalized spacial score (nSPS) is 10.2. The summed E-state index contributed by atoms with van der Waals surface area (Å²) in [5, 5.41) is 79.0. The van der Waals surface area contributed by atoms with Crippen molar-refractivity contribution in [2.75, 3.05) is 39.5 Å². The zero-order chi connectivity index (χ0) is 62.3. The Hall–Kier alpha value is -9.95. The summed E-state index contributed by atoms with van der Waals surface area (Å²) >= 11 is 4.70. The zero-order valence-corrected chi connectivity index (χ0v) is 48.2. The number of aliphatic imine (C=N–C) groups is 1. The molecule has 6 aromatic rings. The van der Waals surface area contributed by atoms with Crippen LogP contribution in [-0.2, 0) is 66.2 Å². The molecule has 0 amide bonds. The summed E-state index contributed by atoms with van der Waals surface area (Å²) in [5.74, 6) is 6.73. The van der Waals surface area contributed by atoms with Gasteiger partial charge in [0, 0.05) is 60.6 Å². The molecule has 28 heteroatoms. The minimum atomic E-state index is -1.46. The SMILES string of the molecule is O=C(O)COc1ccc(C#Cc2cc(CC(=O)O)nc(CN(CC(=O)O)Cc3cc(C#Cc4ccc(N=C=S)cc4)cc(CN(CC(=O)O)Cc4cc(C#Cc5ccc(OCC(=O)O)cc5OCC(=O)O)cc(C(=O)O)n4)n3)c2)c(OCC(=O)O)c1.[Eu+3]. The molecule has 0 aliphatic rings. The van der Waals surface area contributed by atoms with Gasteiger partial charge in [0.2, 0.25) is 0 Å². The topological polar surface area (TPSA) is 393 Å². The molecule has 0 aliphatic carbocycles. The molecule has 0 aliphatic heterocycles. The Kier molecular flexibility index (Phi) is 26.1. The molecule has 8 N–H and O–H groups in total. The number of aromatic nitrogens is 3. The molecule has 0 spiro atoms. The molecule has 0 radical (unpaired) electrons. The van der Waals surface area contributed by atoms with Gasteiger partial charge in [-0.05, 0) is 97.1 Å². The van der Waals surface area contributed by atoms with Crippen LogP contribution >= 0.6 is 12.2 Å². The quantitative estimate of drug-likeness (QED) is 0.0194. The van der Waals surface area contributed by atoms with Crippen molar-refractivity contribution in [2.45, 2.75) is 32.6 Å². The fourth-order valence-corrected chi connectivity index (χ4v) is 7.82. The number of thiocarbonyl (C=S) groups is 1. The third kappa shape index (κ3) is 23.9. The number of aromatic carboxylic acids is 1. The van der Waals surface area contributed by atoms with Crippen LogP contribution in [0.4, 0.5) is 5.69 Å². The van der Waals surface area contributed by atoms with E-state index in [4.69, 9.17) is 46.4 Å². The number of rotatable bonds is 28. The van der Waals surface area contributed by atoms with E-state index in [-0.39, 0.29) is 149 Å². The first kappa shape index (κ1) is 67.8. The molecule has 26 nitrogen and oxygen atoms in total. The first-order chi connectivity index (χ1) is 41.0. The van der Waals surface area contributed by atoms with E-state index in [1.807, 2.05) is 0 Å². The van der Waals surface area contributed by atoms with E-state index in [1.54, 1.807) is 36.4 Å². The molecule has 0 bridgehead atoms. The van der Waals surface area contributed by atoms with Crippen molar-refractivity contribution < 1.29 is 148 Å². The molecule has 6 rings (SSSR count). The third-order valence-corrected chi connectivity index (χ3v) is 11.1. The number of aliphatic carboxylic acids is 7. The monoisotopic (exact) mass is 1340 g/mol. The molecule has 442 valence electrons. The standard InChI is InChI=1S/C59H46N6O20S.Eu/c66-52(67)21-42-15-37(3-7-39-9-13-47(82-30-55(72)73)22-50(39)84-32-57(76)77)18-43(61-42)24-64(28-53(68)69)25-44-16-36(2-1-35-5-11-41(12-6-35)60-34-86)17-45(62-44)26-65(29-54(70)71)27-46-19-38(20-49(63-46)59(80)81)4-8-40-10-14-48(83-31-56(74)75)23-51(40)85-33-58(78)79;/h5-6,9-20,22-23H,21,24-33H2,(H,66,67)(H,68,69)(H,70,71)(H,72,73)(H,74,75)(H,76,77)(H,78,79)(H,80,81);/q;+3. The number of carboxylic acid groups (broad SMARTS) is 8. The van der Waals surface area contributed by atoms with Gasteiger partial charge in [-0.3, -0.25) is 34.2 Å². The molecule has 0 atom stereocenters. The number of hydrogen-bond donors (Lipinski definition) is 8. The van der Waals surface area contributed by atoms with Gasteiger partial charge in [-0.15, -0.1) is 0 Å². The van der Waals surface area contributed by atoms with Crippen LogP contribution in [0, 0.1) is 84.9 Å². The van der Waals surface area contributed by atoms with E-state index in [0.29, 0.717) is 16.8 Å². The van der Waals surface area contributed by atoms with E-state index in [1.165, 1.54) is 64.4 Å². The van der Waals surface area contributed by atoms with Gasteiger partial charge in [0.25, 0.3) is 0 Å². The van der Waals surface area contributed by atoms with Gasteiger partial charge >= 0.3 is 97.1 Å². The average Bonchev–Trinajstić information content (AvgIpc) is 3.65. The van der Waals surface area contributed by atoms with Crippen LogP contribution in [0.15, 0.2) is 102 Å². The fraction of sp³-hybridized carbons (Fsp3) is 0.186. The van der Waals surface area contributed by atoms with Crippen LogP contribution in [0.3, 0.4) is 0 Å². The number of hydrogen-bond acceptors (Lipinski definition) is 19. The van der Waals surface area contributed by atoms with Crippen molar-refractivity contribution in [3.8, 4) is 58.5 Å². The summed E-state index contributed by atoms with van der Waals surface area (Å²) < 4.78 is 21.1. The van der Waals surface area contributed by atoms with Crippen molar-refractivity contribution in [1.29, 1.82) is 0 Å². The Morgan fingerprint density at radius 2 is 0.805 bits per heavy atom. The molecule has 3 aromatic carbocycles. The maximum atomic E-state index is 12.5. The van der Waals surface area contributed by atoms with E-state index < -0.39 is 99.4 Å². The number of nitrogens with zero attached hydrogens (tertiary/aromatic N) is 6. The Morgan fingerprint density at radius 1 is 0.425 bits per heavy atom. The van der Waals surface area contributed by atoms with Crippen LogP contribution in [0.2, 0.25) is 0 Å². The molecule has 0 saturated carbocycles. The van der Waals surface area contributed by atoms with Crippen LogP contribution in [0.5, 0.6) is 23.0 Å². The third-order valence-electron chi connectivity index (χ3n) is 11.0. The van der Waals surface area contributed by atoms with Crippen LogP contribution in [0.1, 0.15) is 72.3 Å². The molecular weight excluding hydrogens is 1300 g/mol. The van der Waals surface area contributed by atoms with Crippen molar-refractivity contribution in [3.63, 3.8) is 0 Å². The summed E-state index contributed by atoms with van der Waals surface area (Å²) in [5.41, 5.74) is 2.09. The predicted molar refractivity (Wildman–Crippen MR) is 299 cm³/mol. The first-order valence-corrected chi connectivity index (χ1v) is 25.2. The zero-order valence-electron chi connectivity index (χ0n) is 45.0. The molecule has 0 unspecified atom stereocenters. The minimum Gasteiger partial charge on any atom is -0.482 e. The summed E-state index contributed by atoms with van der Waals surface area (Å²) in [6, 6.07) is 23.2. The number of isothiocyanates is 1. The second-order valence-corrected chi connectivity index (χ2v) is 18.1. The summed E-state index contributed by atoms with van der Waals surface area (Å²) in [7, 11) is 0. The van der Waals surface area contributed by atoms with Crippen molar-refractivity contribution in [3.05, 3.63) is 165 Å². The molecular formula is C59H46EuN6O20S+3. The molecule has 0 saturated heterocycles. The maximum Gasteiger partial charge on any atom is 3.00 e. The van der Waals surface area contributed by atoms with Crippen LogP contribution < -0.4 is 18.9 Å². The Bertz CT molecular complexity index is 3880. The average molecular weight is 1340 g/mol. The molecule has 3 aromatic heterocycles. The number of pyridine rings is 3. The van der Waals surface area contributed by atoms with Crippen molar-refractivity contribution >= 4 is 70.8 Å². The second kappa shape index (κ2) is 33.5.